The highest BCUT2D eigenvalue weighted by molar-refractivity contribution is 5.96. The molecule has 5 heteroatoms. The molecule has 2 rings (SSSR count). The number of nitriles is 1. The quantitative estimate of drug-likeness (QED) is 0.807. The van der Waals surface area contributed by atoms with Crippen LogP contribution in [-0.2, 0) is 0 Å². The molecule has 1 heterocycles. The Morgan fingerprint density at radius 1 is 1.61 bits per heavy atom. The zero-order chi connectivity index (χ0) is 13.1. The van der Waals surface area contributed by atoms with Crippen LogP contribution in [0.15, 0.2) is 18.2 Å². The van der Waals surface area contributed by atoms with Crippen molar-refractivity contribution >= 4 is 5.91 Å². The first kappa shape index (κ1) is 12.5. The Labute approximate surface area is 105 Å². The van der Waals surface area contributed by atoms with Crippen LogP contribution in [0.2, 0.25) is 0 Å². The maximum absolute atomic E-state index is 13.2. The van der Waals surface area contributed by atoms with Crippen molar-refractivity contribution in [3.63, 3.8) is 0 Å². The monoisotopic (exact) mass is 247 g/mol. The van der Waals surface area contributed by atoms with E-state index in [0.29, 0.717) is 25.2 Å². The predicted octanol–water partition coefficient (Wildman–Crippen LogP) is 1.07. The minimum Gasteiger partial charge on any atom is -0.320 e. The van der Waals surface area contributed by atoms with Crippen LogP contribution in [0.1, 0.15) is 15.9 Å². The Balaban J connectivity index is 2.30. The molecule has 0 radical (unpaired) electrons. The highest BCUT2D eigenvalue weighted by Crippen LogP contribution is 2.15. The third-order valence-corrected chi connectivity index (χ3v) is 3.08. The number of carbonyl (C=O) groups is 1. The molecule has 1 saturated heterocycles. The second-order valence-corrected chi connectivity index (χ2v) is 4.31. The van der Waals surface area contributed by atoms with Crippen molar-refractivity contribution in [2.24, 2.45) is 0 Å². The van der Waals surface area contributed by atoms with Crippen molar-refractivity contribution in [1.29, 1.82) is 5.26 Å². The van der Waals surface area contributed by atoms with E-state index in [9.17, 15) is 9.18 Å². The van der Waals surface area contributed by atoms with Gasteiger partial charge in [0.05, 0.1) is 6.07 Å². The normalized spacial score (nSPS) is 19.4. The Bertz CT molecular complexity index is 509. The van der Waals surface area contributed by atoms with Crippen LogP contribution in [-0.4, -0.2) is 36.5 Å². The smallest absolute Gasteiger partial charge is 0.255 e. The molecule has 1 aromatic carbocycles. The molecule has 1 amide bonds. The maximum Gasteiger partial charge on any atom is 0.255 e. The van der Waals surface area contributed by atoms with Crippen molar-refractivity contribution in [2.75, 3.05) is 19.6 Å². The molecule has 1 aliphatic heterocycles. The zero-order valence-corrected chi connectivity index (χ0v) is 10.1. The molecule has 1 aliphatic rings. The Morgan fingerprint density at radius 3 is 3.11 bits per heavy atom. The summed E-state index contributed by atoms with van der Waals surface area (Å²) in [5.41, 5.74) is 1.05. The average molecular weight is 247 g/mol. The summed E-state index contributed by atoms with van der Waals surface area (Å²) in [6.45, 7) is 3.33. The molecule has 94 valence electrons. The summed E-state index contributed by atoms with van der Waals surface area (Å²) in [5, 5.41) is 12.1. The van der Waals surface area contributed by atoms with Crippen molar-refractivity contribution in [1.82, 2.24) is 10.2 Å². The molecule has 1 N–H and O–H groups in total. The lowest BCUT2D eigenvalue weighted by Crippen LogP contribution is -2.53. The van der Waals surface area contributed by atoms with E-state index in [1.807, 2.05) is 0 Å². The van der Waals surface area contributed by atoms with Gasteiger partial charge in [-0.05, 0) is 24.6 Å². The third-order valence-electron chi connectivity index (χ3n) is 3.08. The van der Waals surface area contributed by atoms with E-state index >= 15 is 0 Å². The summed E-state index contributed by atoms with van der Waals surface area (Å²) in [4.78, 5) is 13.8. The van der Waals surface area contributed by atoms with Crippen LogP contribution >= 0.6 is 0 Å². The molecule has 0 aromatic heterocycles. The van der Waals surface area contributed by atoms with E-state index < -0.39 is 11.9 Å². The molecule has 1 unspecified atom stereocenters. The van der Waals surface area contributed by atoms with Crippen LogP contribution in [0.4, 0.5) is 4.39 Å². The lowest BCUT2D eigenvalue weighted by molar-refractivity contribution is 0.0686. The number of aryl methyl sites for hydroxylation is 1. The number of nitrogens with one attached hydrogen (secondary N) is 1. The molecule has 4 nitrogen and oxygen atoms in total. The predicted molar refractivity (Wildman–Crippen MR) is 64.4 cm³/mol. The second-order valence-electron chi connectivity index (χ2n) is 4.31. The first-order chi connectivity index (χ1) is 8.63. The fourth-order valence-electron chi connectivity index (χ4n) is 2.04. The van der Waals surface area contributed by atoms with E-state index in [1.54, 1.807) is 13.0 Å². The van der Waals surface area contributed by atoms with Gasteiger partial charge in [-0.25, -0.2) is 4.39 Å². The summed E-state index contributed by atoms with van der Waals surface area (Å²) in [5.74, 6) is -0.715. The molecule has 0 bridgehead atoms. The highest BCUT2D eigenvalue weighted by Gasteiger charge is 2.28. The molecule has 18 heavy (non-hydrogen) atoms. The number of piperazine rings is 1. The van der Waals surface area contributed by atoms with Gasteiger partial charge in [0, 0.05) is 25.2 Å². The van der Waals surface area contributed by atoms with Crippen LogP contribution in [0.25, 0.3) is 0 Å². The van der Waals surface area contributed by atoms with Gasteiger partial charge in [0.25, 0.3) is 5.91 Å². The molecular formula is C13H14FN3O. The fourth-order valence-corrected chi connectivity index (χ4v) is 2.04. The number of hydrogen-bond donors (Lipinski definition) is 1. The number of hydrogen-bond acceptors (Lipinski definition) is 3. The minimum absolute atomic E-state index is 0.278. The van der Waals surface area contributed by atoms with Gasteiger partial charge in [0.2, 0.25) is 0 Å². The van der Waals surface area contributed by atoms with Crippen LogP contribution in [0, 0.1) is 24.1 Å². The third kappa shape index (κ3) is 2.34. The van der Waals surface area contributed by atoms with Crippen molar-refractivity contribution in [2.45, 2.75) is 13.0 Å². The lowest BCUT2D eigenvalue weighted by Gasteiger charge is -2.32. The van der Waals surface area contributed by atoms with E-state index in [2.05, 4.69) is 11.4 Å². The van der Waals surface area contributed by atoms with Gasteiger partial charge in [-0.1, -0.05) is 6.07 Å². The Morgan fingerprint density at radius 2 is 2.39 bits per heavy atom. The van der Waals surface area contributed by atoms with Gasteiger partial charge in [0.1, 0.15) is 11.9 Å². The highest BCUT2D eigenvalue weighted by atomic mass is 19.1. The topological polar surface area (TPSA) is 56.1 Å². The molecular weight excluding hydrogens is 233 g/mol. The number of carbonyl (C=O) groups excluding carboxylic acids is 1. The SMILES string of the molecule is Cc1ccc(F)cc1C(=O)N1CCNCC1C#N. The first-order valence-corrected chi connectivity index (χ1v) is 5.81. The van der Waals surface area contributed by atoms with E-state index in [4.69, 9.17) is 5.26 Å². The Kier molecular flexibility index (Phi) is 3.58. The van der Waals surface area contributed by atoms with Crippen molar-refractivity contribution < 1.29 is 9.18 Å². The summed E-state index contributed by atoms with van der Waals surface area (Å²) in [6, 6.07) is 5.73. The molecule has 1 fully saturated rings. The summed E-state index contributed by atoms with van der Waals surface area (Å²) < 4.78 is 13.2. The summed E-state index contributed by atoms with van der Waals surface area (Å²) in [6.07, 6.45) is 0. The zero-order valence-electron chi connectivity index (χ0n) is 10.1. The first-order valence-electron chi connectivity index (χ1n) is 5.81. The van der Waals surface area contributed by atoms with E-state index in [-0.39, 0.29) is 5.91 Å². The van der Waals surface area contributed by atoms with Crippen LogP contribution < -0.4 is 5.32 Å². The number of amides is 1. The van der Waals surface area contributed by atoms with E-state index in [1.165, 1.54) is 17.0 Å². The molecule has 1 aromatic rings. The lowest BCUT2D eigenvalue weighted by atomic mass is 10.1. The van der Waals surface area contributed by atoms with E-state index in [0.717, 1.165) is 5.56 Å². The number of nitrogens with zero attached hydrogens (tertiary/aromatic N) is 2. The second kappa shape index (κ2) is 5.15. The summed E-state index contributed by atoms with van der Waals surface area (Å²) >= 11 is 0. The number of rotatable bonds is 1. The van der Waals surface area contributed by atoms with Gasteiger partial charge in [-0.3, -0.25) is 4.79 Å². The average Bonchev–Trinajstić information content (AvgIpc) is 2.40. The van der Waals surface area contributed by atoms with Gasteiger partial charge in [0.15, 0.2) is 0 Å². The largest absolute Gasteiger partial charge is 0.320 e. The number of benzene rings is 1. The van der Waals surface area contributed by atoms with Crippen LogP contribution in [0.5, 0.6) is 0 Å². The standard InChI is InChI=1S/C13H14FN3O/c1-9-2-3-10(14)6-12(9)13(18)17-5-4-16-8-11(17)7-15/h2-3,6,11,16H,4-5,8H2,1H3. The van der Waals surface area contributed by atoms with Gasteiger partial charge >= 0.3 is 0 Å². The minimum atomic E-state index is -0.492. The fraction of sp³-hybridized carbons (Fsp3) is 0.385. The van der Waals surface area contributed by atoms with Gasteiger partial charge in [-0.2, -0.15) is 5.26 Å². The van der Waals surface area contributed by atoms with Crippen molar-refractivity contribution in [3.8, 4) is 6.07 Å². The number of halogens is 1. The van der Waals surface area contributed by atoms with Crippen molar-refractivity contribution in [3.05, 3.63) is 35.1 Å². The molecule has 0 spiro atoms. The maximum atomic E-state index is 13.2. The summed E-state index contributed by atoms with van der Waals surface area (Å²) in [7, 11) is 0. The molecule has 0 saturated carbocycles. The van der Waals surface area contributed by atoms with Crippen LogP contribution in [0.3, 0.4) is 0 Å². The molecule has 0 aliphatic carbocycles. The van der Waals surface area contributed by atoms with Gasteiger partial charge in [-0.15, -0.1) is 0 Å². The Hall–Kier alpha value is -1.93. The van der Waals surface area contributed by atoms with Gasteiger partial charge < -0.3 is 10.2 Å². The molecule has 1 atom stereocenters.